The van der Waals surface area contributed by atoms with Crippen LogP contribution in [-0.4, -0.2) is 41.7 Å². The zero-order chi connectivity index (χ0) is 21.0. The first-order valence-electron chi connectivity index (χ1n) is 9.44. The third-order valence-corrected chi connectivity index (χ3v) is 5.62. The van der Waals surface area contributed by atoms with Crippen molar-refractivity contribution in [2.24, 2.45) is 5.92 Å². The largest absolute Gasteiger partial charge is 0.482 e. The molecule has 0 spiro atoms. The molecule has 0 atom stereocenters. The molecular formula is C20H24F3N3O2S. The van der Waals surface area contributed by atoms with Crippen molar-refractivity contribution in [3.05, 3.63) is 39.8 Å². The Morgan fingerprint density at radius 2 is 2.03 bits per heavy atom. The van der Waals surface area contributed by atoms with Gasteiger partial charge in [0.25, 0.3) is 0 Å². The molecule has 5 nitrogen and oxygen atoms in total. The molecule has 29 heavy (non-hydrogen) atoms. The summed E-state index contributed by atoms with van der Waals surface area (Å²) in [6.45, 7) is 4.66. The van der Waals surface area contributed by atoms with Gasteiger partial charge in [-0.25, -0.2) is 4.98 Å². The van der Waals surface area contributed by atoms with Crippen LogP contribution in [0.25, 0.3) is 0 Å². The number of halogens is 3. The molecule has 0 unspecified atom stereocenters. The first-order chi connectivity index (χ1) is 13.7. The van der Waals surface area contributed by atoms with Crippen LogP contribution in [0.5, 0.6) is 5.75 Å². The number of nitrogens with zero attached hydrogens (tertiary/aromatic N) is 2. The van der Waals surface area contributed by atoms with E-state index in [1.54, 1.807) is 30.4 Å². The fraction of sp³-hybridized carbons (Fsp3) is 0.500. The van der Waals surface area contributed by atoms with E-state index in [9.17, 15) is 18.0 Å². The van der Waals surface area contributed by atoms with E-state index < -0.39 is 12.8 Å². The maximum Gasteiger partial charge on any atom is 0.422 e. The Labute approximate surface area is 171 Å². The molecule has 0 radical (unpaired) electrons. The van der Waals surface area contributed by atoms with Gasteiger partial charge < -0.3 is 10.1 Å². The van der Waals surface area contributed by atoms with Crippen molar-refractivity contribution < 1.29 is 22.7 Å². The molecule has 1 fully saturated rings. The van der Waals surface area contributed by atoms with Crippen LogP contribution in [0.4, 0.5) is 18.9 Å². The summed E-state index contributed by atoms with van der Waals surface area (Å²) in [4.78, 5) is 19.4. The summed E-state index contributed by atoms with van der Waals surface area (Å²) >= 11 is 1.62. The molecule has 2 heterocycles. The monoisotopic (exact) mass is 427 g/mol. The molecule has 1 aromatic heterocycles. The molecule has 3 rings (SSSR count). The number of hydrogen-bond acceptors (Lipinski definition) is 5. The Balaban J connectivity index is 1.55. The number of amides is 1. The van der Waals surface area contributed by atoms with Gasteiger partial charge in [0.1, 0.15) is 5.75 Å². The van der Waals surface area contributed by atoms with E-state index in [4.69, 9.17) is 4.74 Å². The van der Waals surface area contributed by atoms with Crippen LogP contribution >= 0.6 is 11.3 Å². The molecule has 1 amide bonds. The molecule has 1 N–H and O–H groups in total. The van der Waals surface area contributed by atoms with Gasteiger partial charge in [-0.3, -0.25) is 9.69 Å². The minimum absolute atomic E-state index is 0.0343. The maximum atomic E-state index is 12.7. The summed E-state index contributed by atoms with van der Waals surface area (Å²) in [5, 5.41) is 5.84. The summed E-state index contributed by atoms with van der Waals surface area (Å²) < 4.78 is 42.4. The number of aromatic nitrogens is 1. The number of aryl methyl sites for hydroxylation is 2. The standard InChI is InChI=1S/C20H24F3N3O2S/c1-13-3-4-17(18(9-13)28-12-20(21,22)23)25-19(27)15-5-7-26(8-6-15)10-16-11-29-14(2)24-16/h3-4,9,11,15H,5-8,10,12H2,1-2H3,(H,25,27). The zero-order valence-electron chi connectivity index (χ0n) is 16.4. The summed E-state index contributed by atoms with van der Waals surface area (Å²) in [6.07, 6.45) is -3.05. The molecule has 9 heteroatoms. The minimum atomic E-state index is -4.44. The number of rotatable bonds is 6. The number of carbonyl (C=O) groups is 1. The Hall–Kier alpha value is -2.13. The van der Waals surface area contributed by atoms with Crippen LogP contribution in [0, 0.1) is 19.8 Å². The second-order valence-corrected chi connectivity index (χ2v) is 8.36. The molecule has 1 aromatic carbocycles. The first-order valence-corrected chi connectivity index (χ1v) is 10.3. The molecule has 1 aliphatic heterocycles. The number of alkyl halides is 3. The first kappa shape index (κ1) is 21.6. The number of likely N-dealkylation sites (tertiary alicyclic amines) is 1. The molecule has 0 saturated carbocycles. The van der Waals surface area contributed by atoms with Gasteiger partial charge in [0.2, 0.25) is 5.91 Å². The summed E-state index contributed by atoms with van der Waals surface area (Å²) in [7, 11) is 0. The molecule has 1 aliphatic rings. The normalized spacial score (nSPS) is 16.0. The number of hydrogen-bond donors (Lipinski definition) is 1. The fourth-order valence-electron chi connectivity index (χ4n) is 3.31. The van der Waals surface area contributed by atoms with Gasteiger partial charge in [0.15, 0.2) is 6.61 Å². The molecule has 0 aliphatic carbocycles. The third-order valence-electron chi connectivity index (χ3n) is 4.80. The van der Waals surface area contributed by atoms with Crippen molar-refractivity contribution in [1.29, 1.82) is 0 Å². The van der Waals surface area contributed by atoms with Crippen molar-refractivity contribution in [3.8, 4) is 5.75 Å². The van der Waals surface area contributed by atoms with E-state index in [-0.39, 0.29) is 23.3 Å². The van der Waals surface area contributed by atoms with Gasteiger partial charge in [-0.05, 0) is 57.5 Å². The lowest BCUT2D eigenvalue weighted by Gasteiger charge is -2.30. The predicted octanol–water partition coefficient (Wildman–Crippen LogP) is 4.55. The van der Waals surface area contributed by atoms with Gasteiger partial charge in [-0.1, -0.05) is 6.07 Å². The van der Waals surface area contributed by atoms with Crippen molar-refractivity contribution in [2.75, 3.05) is 25.0 Å². The van der Waals surface area contributed by atoms with Crippen LogP contribution in [0.2, 0.25) is 0 Å². The Kier molecular flexibility index (Phi) is 6.79. The minimum Gasteiger partial charge on any atom is -0.482 e. The highest BCUT2D eigenvalue weighted by Crippen LogP contribution is 2.29. The van der Waals surface area contributed by atoms with Crippen LogP contribution in [0.15, 0.2) is 23.6 Å². The van der Waals surface area contributed by atoms with Gasteiger partial charge in [0, 0.05) is 17.8 Å². The number of nitrogens with one attached hydrogen (secondary N) is 1. The smallest absolute Gasteiger partial charge is 0.422 e. The lowest BCUT2D eigenvalue weighted by atomic mass is 9.95. The van der Waals surface area contributed by atoms with E-state index in [0.29, 0.717) is 12.8 Å². The Morgan fingerprint density at radius 3 is 2.66 bits per heavy atom. The highest BCUT2D eigenvalue weighted by Gasteiger charge is 2.30. The van der Waals surface area contributed by atoms with Crippen LogP contribution in [0.1, 0.15) is 29.1 Å². The number of carbonyl (C=O) groups excluding carboxylic acids is 1. The van der Waals surface area contributed by atoms with Gasteiger partial charge in [0.05, 0.1) is 16.4 Å². The Morgan fingerprint density at radius 1 is 1.31 bits per heavy atom. The fourth-order valence-corrected chi connectivity index (χ4v) is 3.91. The maximum absolute atomic E-state index is 12.7. The number of benzene rings is 1. The molecule has 0 bridgehead atoms. The SMILES string of the molecule is Cc1ccc(NC(=O)C2CCN(Cc3csc(C)n3)CC2)c(OCC(F)(F)F)c1. The van der Waals surface area contributed by atoms with E-state index in [1.807, 2.05) is 12.3 Å². The summed E-state index contributed by atoms with van der Waals surface area (Å²) in [6, 6.07) is 4.81. The van der Waals surface area contributed by atoms with Crippen molar-refractivity contribution in [3.63, 3.8) is 0 Å². The number of piperidine rings is 1. The summed E-state index contributed by atoms with van der Waals surface area (Å²) in [5.41, 5.74) is 2.07. The zero-order valence-corrected chi connectivity index (χ0v) is 17.2. The van der Waals surface area contributed by atoms with Gasteiger partial charge in [-0.2, -0.15) is 13.2 Å². The average Bonchev–Trinajstić information content (AvgIpc) is 3.06. The van der Waals surface area contributed by atoms with Crippen molar-refractivity contribution in [1.82, 2.24) is 9.88 Å². The van der Waals surface area contributed by atoms with E-state index in [0.717, 1.165) is 35.9 Å². The number of anilines is 1. The van der Waals surface area contributed by atoms with E-state index in [1.165, 1.54) is 6.07 Å². The molecule has 1 saturated heterocycles. The highest BCUT2D eigenvalue weighted by molar-refractivity contribution is 7.09. The number of thiazole rings is 1. The van der Waals surface area contributed by atoms with Gasteiger partial charge in [-0.15, -0.1) is 11.3 Å². The molecular weight excluding hydrogens is 403 g/mol. The van der Waals surface area contributed by atoms with Crippen molar-refractivity contribution >= 4 is 22.9 Å². The molecule has 2 aromatic rings. The second kappa shape index (κ2) is 9.13. The van der Waals surface area contributed by atoms with Crippen LogP contribution in [0.3, 0.4) is 0 Å². The quantitative estimate of drug-likeness (QED) is 0.735. The Bertz CT molecular complexity index is 846. The lowest BCUT2D eigenvalue weighted by molar-refractivity contribution is -0.153. The lowest BCUT2D eigenvalue weighted by Crippen LogP contribution is -2.37. The van der Waals surface area contributed by atoms with E-state index in [2.05, 4.69) is 15.2 Å². The van der Waals surface area contributed by atoms with Gasteiger partial charge >= 0.3 is 6.18 Å². The summed E-state index contributed by atoms with van der Waals surface area (Å²) in [5.74, 6) is -0.331. The van der Waals surface area contributed by atoms with Crippen LogP contribution in [-0.2, 0) is 11.3 Å². The van der Waals surface area contributed by atoms with Crippen molar-refractivity contribution in [2.45, 2.75) is 39.4 Å². The molecule has 158 valence electrons. The third kappa shape index (κ3) is 6.43. The van der Waals surface area contributed by atoms with E-state index >= 15 is 0 Å². The number of ether oxygens (including phenoxy) is 1. The highest BCUT2D eigenvalue weighted by atomic mass is 32.1. The topological polar surface area (TPSA) is 54.5 Å². The average molecular weight is 427 g/mol. The second-order valence-electron chi connectivity index (χ2n) is 7.30. The van der Waals surface area contributed by atoms with Crippen LogP contribution < -0.4 is 10.1 Å². The predicted molar refractivity (Wildman–Crippen MR) is 106 cm³/mol.